The molecule has 2 atom stereocenters. The van der Waals surface area contributed by atoms with Crippen molar-refractivity contribution >= 4 is 0 Å². The fourth-order valence-electron chi connectivity index (χ4n) is 1.06. The number of benzene rings is 1. The maximum Gasteiger partial charge on any atom is 0.170 e. The molecule has 80 valence electrons. The van der Waals surface area contributed by atoms with E-state index in [2.05, 4.69) is 0 Å². The first kappa shape index (κ1) is 11.5. The van der Waals surface area contributed by atoms with Gasteiger partial charge in [-0.05, 0) is 0 Å². The van der Waals surface area contributed by atoms with Crippen LogP contribution in [0.4, 0.5) is 13.2 Å². The number of halogens is 3. The van der Waals surface area contributed by atoms with E-state index >= 15 is 0 Å². The van der Waals surface area contributed by atoms with Crippen LogP contribution in [-0.2, 0) is 0 Å². The lowest BCUT2D eigenvalue weighted by Crippen LogP contribution is -2.18. The molecule has 3 nitrogen and oxygen atoms in total. The minimum Gasteiger partial charge on any atom is -0.384 e. The third-order valence-electron chi connectivity index (χ3n) is 1.77. The number of hydrogen-bond donors (Lipinski definition) is 2. The first-order chi connectivity index (χ1) is 6.97. The van der Waals surface area contributed by atoms with E-state index in [9.17, 15) is 13.2 Å². The van der Waals surface area contributed by atoms with Gasteiger partial charge in [-0.25, -0.2) is 13.2 Å². The summed E-state index contributed by atoms with van der Waals surface area (Å²) in [6, 6.07) is 1.92. The molecule has 1 aromatic rings. The average molecular weight is 217 g/mol. The molecule has 6 heteroatoms. The van der Waals surface area contributed by atoms with Crippen LogP contribution < -0.4 is 0 Å². The Labute approximate surface area is 83.0 Å². The summed E-state index contributed by atoms with van der Waals surface area (Å²) in [5, 5.41) is 26.3. The second kappa shape index (κ2) is 4.29. The third kappa shape index (κ3) is 2.26. The van der Waals surface area contributed by atoms with Crippen LogP contribution in [0.3, 0.4) is 0 Å². The molecular formula is C9H6F3NO2. The predicted octanol–water partition coefficient (Wildman–Crippen LogP) is 1.02. The number of nitriles is 1. The summed E-state index contributed by atoms with van der Waals surface area (Å²) < 4.78 is 38.5. The summed E-state index contributed by atoms with van der Waals surface area (Å²) in [5.74, 6) is -3.85. The highest BCUT2D eigenvalue weighted by molar-refractivity contribution is 5.25. The maximum absolute atomic E-state index is 13.0. The molecule has 0 aliphatic carbocycles. The van der Waals surface area contributed by atoms with Crippen molar-refractivity contribution < 1.29 is 23.4 Å². The van der Waals surface area contributed by atoms with Crippen molar-refractivity contribution in [2.75, 3.05) is 0 Å². The van der Waals surface area contributed by atoms with Gasteiger partial charge in [-0.15, -0.1) is 0 Å². The Morgan fingerprint density at radius 1 is 1.13 bits per heavy atom. The largest absolute Gasteiger partial charge is 0.384 e. The fraction of sp³-hybridized carbons (Fsp3) is 0.222. The van der Waals surface area contributed by atoms with E-state index in [4.69, 9.17) is 15.5 Å². The summed E-state index contributed by atoms with van der Waals surface area (Å²) in [6.45, 7) is 0. The van der Waals surface area contributed by atoms with E-state index in [-0.39, 0.29) is 0 Å². The zero-order chi connectivity index (χ0) is 11.6. The number of aliphatic hydroxyl groups excluding tert-OH is 2. The average Bonchev–Trinajstić information content (AvgIpc) is 2.14. The predicted molar refractivity (Wildman–Crippen MR) is 42.9 cm³/mol. The Morgan fingerprint density at radius 3 is 2.00 bits per heavy atom. The highest BCUT2D eigenvalue weighted by Gasteiger charge is 2.25. The molecule has 1 rings (SSSR count). The zero-order valence-corrected chi connectivity index (χ0v) is 7.28. The van der Waals surface area contributed by atoms with Crippen LogP contribution in [0.15, 0.2) is 12.1 Å². The van der Waals surface area contributed by atoms with Gasteiger partial charge in [-0.3, -0.25) is 0 Å². The molecule has 0 aromatic heterocycles. The quantitative estimate of drug-likeness (QED) is 0.727. The molecule has 0 saturated carbocycles. The summed E-state index contributed by atoms with van der Waals surface area (Å²) >= 11 is 0. The molecule has 15 heavy (non-hydrogen) atoms. The van der Waals surface area contributed by atoms with Gasteiger partial charge < -0.3 is 10.2 Å². The van der Waals surface area contributed by atoms with Gasteiger partial charge in [-0.1, -0.05) is 0 Å². The maximum atomic E-state index is 13.0. The summed E-state index contributed by atoms with van der Waals surface area (Å²) in [7, 11) is 0. The number of rotatable bonds is 2. The lowest BCUT2D eigenvalue weighted by molar-refractivity contribution is 0.0475. The van der Waals surface area contributed by atoms with Crippen LogP contribution in [0.25, 0.3) is 0 Å². The molecule has 0 aliphatic rings. The lowest BCUT2D eigenvalue weighted by atomic mass is 10.0. The van der Waals surface area contributed by atoms with Crippen molar-refractivity contribution in [2.24, 2.45) is 0 Å². The Kier molecular flexibility index (Phi) is 3.29. The molecule has 1 aromatic carbocycles. The third-order valence-corrected chi connectivity index (χ3v) is 1.77. The fourth-order valence-corrected chi connectivity index (χ4v) is 1.06. The smallest absolute Gasteiger partial charge is 0.170 e. The van der Waals surface area contributed by atoms with Gasteiger partial charge in [0.1, 0.15) is 23.6 Å². The highest BCUT2D eigenvalue weighted by atomic mass is 19.1. The first-order valence-corrected chi connectivity index (χ1v) is 3.87. The Bertz CT molecular complexity index is 393. The summed E-state index contributed by atoms with van der Waals surface area (Å²) in [6.07, 6.45) is -4.02. The number of aliphatic hydroxyl groups is 2. The SMILES string of the molecule is N#CC(O)C(O)c1c(F)cc(F)cc1F. The van der Waals surface area contributed by atoms with E-state index in [1.165, 1.54) is 6.07 Å². The van der Waals surface area contributed by atoms with Crippen molar-refractivity contribution in [3.05, 3.63) is 35.1 Å². The Morgan fingerprint density at radius 2 is 1.60 bits per heavy atom. The minimum atomic E-state index is -2.05. The van der Waals surface area contributed by atoms with Crippen molar-refractivity contribution in [1.82, 2.24) is 0 Å². The second-order valence-corrected chi connectivity index (χ2v) is 2.80. The Hall–Kier alpha value is -1.58. The van der Waals surface area contributed by atoms with E-state index in [1.807, 2.05) is 0 Å². The summed E-state index contributed by atoms with van der Waals surface area (Å²) in [4.78, 5) is 0. The molecule has 0 radical (unpaired) electrons. The second-order valence-electron chi connectivity index (χ2n) is 2.80. The molecule has 0 amide bonds. The monoisotopic (exact) mass is 217 g/mol. The molecular weight excluding hydrogens is 211 g/mol. The van der Waals surface area contributed by atoms with Crippen molar-refractivity contribution in [3.8, 4) is 6.07 Å². The van der Waals surface area contributed by atoms with Crippen LogP contribution in [0.5, 0.6) is 0 Å². The van der Waals surface area contributed by atoms with Gasteiger partial charge >= 0.3 is 0 Å². The molecule has 0 aliphatic heterocycles. The van der Waals surface area contributed by atoms with Gasteiger partial charge in [-0.2, -0.15) is 5.26 Å². The van der Waals surface area contributed by atoms with Gasteiger partial charge in [0, 0.05) is 12.1 Å². The van der Waals surface area contributed by atoms with Crippen LogP contribution >= 0.6 is 0 Å². The van der Waals surface area contributed by atoms with Crippen LogP contribution in [0.2, 0.25) is 0 Å². The molecule has 2 unspecified atom stereocenters. The molecule has 0 heterocycles. The molecule has 0 fully saturated rings. The molecule has 0 saturated heterocycles. The normalized spacial score (nSPS) is 14.4. The summed E-state index contributed by atoms with van der Waals surface area (Å²) in [5.41, 5.74) is -0.926. The number of hydrogen-bond acceptors (Lipinski definition) is 3. The van der Waals surface area contributed by atoms with Gasteiger partial charge in [0.2, 0.25) is 0 Å². The van der Waals surface area contributed by atoms with E-state index in [0.717, 1.165) is 0 Å². The molecule has 0 spiro atoms. The van der Waals surface area contributed by atoms with Gasteiger partial charge in [0.15, 0.2) is 6.10 Å². The van der Waals surface area contributed by atoms with E-state index in [1.54, 1.807) is 0 Å². The number of nitrogens with zero attached hydrogens (tertiary/aromatic N) is 1. The standard InChI is InChI=1S/C9H6F3NO2/c10-4-1-5(11)8(6(12)2-4)9(15)7(14)3-13/h1-2,7,9,14-15H. The van der Waals surface area contributed by atoms with Crippen LogP contribution in [0.1, 0.15) is 11.7 Å². The van der Waals surface area contributed by atoms with Gasteiger partial charge in [0.05, 0.1) is 11.6 Å². The Balaban J connectivity index is 3.21. The van der Waals surface area contributed by atoms with Crippen LogP contribution in [-0.4, -0.2) is 16.3 Å². The van der Waals surface area contributed by atoms with Gasteiger partial charge in [0.25, 0.3) is 0 Å². The van der Waals surface area contributed by atoms with Crippen molar-refractivity contribution in [1.29, 1.82) is 5.26 Å². The van der Waals surface area contributed by atoms with E-state index in [0.29, 0.717) is 12.1 Å². The molecule has 0 bridgehead atoms. The first-order valence-electron chi connectivity index (χ1n) is 3.87. The topological polar surface area (TPSA) is 64.2 Å². The van der Waals surface area contributed by atoms with Crippen molar-refractivity contribution in [3.63, 3.8) is 0 Å². The zero-order valence-electron chi connectivity index (χ0n) is 7.28. The highest BCUT2D eigenvalue weighted by Crippen LogP contribution is 2.24. The van der Waals surface area contributed by atoms with Crippen LogP contribution in [0, 0.1) is 28.8 Å². The van der Waals surface area contributed by atoms with E-state index < -0.39 is 35.2 Å². The lowest BCUT2D eigenvalue weighted by Gasteiger charge is -2.13. The van der Waals surface area contributed by atoms with Crippen molar-refractivity contribution in [2.45, 2.75) is 12.2 Å². The minimum absolute atomic E-state index is 0.353. The molecule has 2 N–H and O–H groups in total.